The van der Waals surface area contributed by atoms with Gasteiger partial charge < -0.3 is 0 Å². The SMILES string of the molecule is Cc1cccc(-n2nc(C#N)cc2-c2ccc3ccccc3c2)c1. The normalized spacial score (nSPS) is 10.7. The summed E-state index contributed by atoms with van der Waals surface area (Å²) in [5.74, 6) is 0. The Kier molecular flexibility index (Phi) is 3.36. The first-order chi connectivity index (χ1) is 11.7. The first-order valence-electron chi connectivity index (χ1n) is 7.81. The van der Waals surface area contributed by atoms with E-state index in [2.05, 4.69) is 47.6 Å². The second-order valence-corrected chi connectivity index (χ2v) is 5.84. The molecule has 1 aromatic heterocycles. The van der Waals surface area contributed by atoms with Crippen LogP contribution in [-0.2, 0) is 0 Å². The van der Waals surface area contributed by atoms with Crippen molar-refractivity contribution in [3.8, 4) is 23.0 Å². The minimum Gasteiger partial charge on any atom is -0.232 e. The molecule has 24 heavy (non-hydrogen) atoms. The topological polar surface area (TPSA) is 41.6 Å². The van der Waals surface area contributed by atoms with E-state index in [1.54, 1.807) is 0 Å². The van der Waals surface area contributed by atoms with Gasteiger partial charge in [-0.3, -0.25) is 0 Å². The van der Waals surface area contributed by atoms with Crippen LogP contribution in [0.4, 0.5) is 0 Å². The van der Waals surface area contributed by atoms with Gasteiger partial charge in [0.25, 0.3) is 0 Å². The number of nitriles is 1. The van der Waals surface area contributed by atoms with E-state index in [0.717, 1.165) is 22.5 Å². The van der Waals surface area contributed by atoms with Gasteiger partial charge in [-0.2, -0.15) is 10.4 Å². The summed E-state index contributed by atoms with van der Waals surface area (Å²) in [5.41, 5.74) is 4.50. The number of rotatable bonds is 2. The van der Waals surface area contributed by atoms with Crippen LogP contribution in [0.3, 0.4) is 0 Å². The molecule has 0 aliphatic heterocycles. The predicted octanol–water partition coefficient (Wildman–Crippen LogP) is 4.87. The number of aromatic nitrogens is 2. The third-order valence-corrected chi connectivity index (χ3v) is 4.12. The molecule has 3 nitrogen and oxygen atoms in total. The van der Waals surface area contributed by atoms with Gasteiger partial charge in [-0.1, -0.05) is 48.5 Å². The maximum absolute atomic E-state index is 9.27. The van der Waals surface area contributed by atoms with Gasteiger partial charge in [0.15, 0.2) is 5.69 Å². The number of fused-ring (bicyclic) bond motifs is 1. The molecule has 0 amide bonds. The van der Waals surface area contributed by atoms with Gasteiger partial charge in [-0.25, -0.2) is 4.68 Å². The smallest absolute Gasteiger partial charge is 0.163 e. The minimum atomic E-state index is 0.416. The molecule has 4 aromatic rings. The van der Waals surface area contributed by atoms with E-state index in [-0.39, 0.29) is 0 Å². The first-order valence-corrected chi connectivity index (χ1v) is 7.81. The average molecular weight is 309 g/mol. The lowest BCUT2D eigenvalue weighted by molar-refractivity contribution is 0.879. The van der Waals surface area contributed by atoms with Crippen molar-refractivity contribution in [1.29, 1.82) is 5.26 Å². The van der Waals surface area contributed by atoms with Crippen molar-refractivity contribution in [3.05, 3.63) is 84.1 Å². The molecular formula is C21H15N3. The van der Waals surface area contributed by atoms with E-state index >= 15 is 0 Å². The zero-order chi connectivity index (χ0) is 16.5. The van der Waals surface area contributed by atoms with Crippen molar-refractivity contribution in [2.24, 2.45) is 0 Å². The maximum Gasteiger partial charge on any atom is 0.163 e. The van der Waals surface area contributed by atoms with Crippen molar-refractivity contribution < 1.29 is 0 Å². The fourth-order valence-electron chi connectivity index (χ4n) is 2.95. The van der Waals surface area contributed by atoms with Crippen LogP contribution < -0.4 is 0 Å². The molecule has 0 aliphatic rings. The van der Waals surface area contributed by atoms with Crippen LogP contribution in [0.15, 0.2) is 72.8 Å². The average Bonchev–Trinajstić information content (AvgIpc) is 3.06. The van der Waals surface area contributed by atoms with Gasteiger partial charge >= 0.3 is 0 Å². The molecule has 0 unspecified atom stereocenters. The molecule has 0 radical (unpaired) electrons. The monoisotopic (exact) mass is 309 g/mol. The predicted molar refractivity (Wildman–Crippen MR) is 96.0 cm³/mol. The Hall–Kier alpha value is -3.38. The third kappa shape index (κ3) is 2.45. The van der Waals surface area contributed by atoms with Crippen LogP contribution in [0, 0.1) is 18.3 Å². The van der Waals surface area contributed by atoms with Crippen LogP contribution in [0.5, 0.6) is 0 Å². The summed E-state index contributed by atoms with van der Waals surface area (Å²) in [6.45, 7) is 2.05. The summed E-state index contributed by atoms with van der Waals surface area (Å²) < 4.78 is 1.84. The highest BCUT2D eigenvalue weighted by molar-refractivity contribution is 5.87. The summed E-state index contributed by atoms with van der Waals surface area (Å²) in [6, 6.07) is 26.7. The van der Waals surface area contributed by atoms with Gasteiger partial charge in [0.05, 0.1) is 11.4 Å². The molecule has 0 aliphatic carbocycles. The molecule has 0 saturated carbocycles. The largest absolute Gasteiger partial charge is 0.232 e. The third-order valence-electron chi connectivity index (χ3n) is 4.12. The Morgan fingerprint density at radius 1 is 0.875 bits per heavy atom. The Bertz CT molecular complexity index is 1080. The highest BCUT2D eigenvalue weighted by atomic mass is 15.3. The molecule has 0 saturated heterocycles. The number of hydrogen-bond donors (Lipinski definition) is 0. The zero-order valence-electron chi connectivity index (χ0n) is 13.3. The minimum absolute atomic E-state index is 0.416. The fourth-order valence-corrected chi connectivity index (χ4v) is 2.95. The van der Waals surface area contributed by atoms with E-state index < -0.39 is 0 Å². The lowest BCUT2D eigenvalue weighted by atomic mass is 10.0. The standard InChI is InChI=1S/C21H15N3/c1-15-5-4-8-20(11-15)24-21(13-19(14-22)23-24)18-10-9-16-6-2-3-7-17(16)12-18/h2-13H,1H3. The highest BCUT2D eigenvalue weighted by Gasteiger charge is 2.12. The summed E-state index contributed by atoms with van der Waals surface area (Å²) in [5, 5.41) is 16.1. The Labute approximate surface area is 140 Å². The van der Waals surface area contributed by atoms with Gasteiger partial charge in [-0.05, 0) is 41.5 Å². The van der Waals surface area contributed by atoms with Gasteiger partial charge in [0.1, 0.15) is 6.07 Å². The van der Waals surface area contributed by atoms with E-state index in [0.29, 0.717) is 5.69 Å². The molecule has 4 rings (SSSR count). The molecule has 1 heterocycles. The maximum atomic E-state index is 9.27. The van der Waals surface area contributed by atoms with Gasteiger partial charge in [0, 0.05) is 11.6 Å². The van der Waals surface area contributed by atoms with E-state index in [1.807, 2.05) is 48.0 Å². The van der Waals surface area contributed by atoms with Crippen LogP contribution in [0.2, 0.25) is 0 Å². The molecule has 0 bridgehead atoms. The molecule has 0 fully saturated rings. The van der Waals surface area contributed by atoms with Crippen molar-refractivity contribution in [1.82, 2.24) is 9.78 Å². The van der Waals surface area contributed by atoms with Crippen molar-refractivity contribution in [2.75, 3.05) is 0 Å². The lowest BCUT2D eigenvalue weighted by Crippen LogP contribution is -1.99. The van der Waals surface area contributed by atoms with Crippen LogP contribution in [0.25, 0.3) is 27.7 Å². The van der Waals surface area contributed by atoms with Crippen molar-refractivity contribution in [2.45, 2.75) is 6.92 Å². The molecule has 0 spiro atoms. The van der Waals surface area contributed by atoms with E-state index in [1.165, 1.54) is 10.8 Å². The quantitative estimate of drug-likeness (QED) is 0.530. The molecule has 114 valence electrons. The Balaban J connectivity index is 1.93. The number of hydrogen-bond acceptors (Lipinski definition) is 2. The number of nitrogens with zero attached hydrogens (tertiary/aromatic N) is 3. The van der Waals surface area contributed by atoms with Gasteiger partial charge in [-0.15, -0.1) is 0 Å². The van der Waals surface area contributed by atoms with Crippen LogP contribution in [-0.4, -0.2) is 9.78 Å². The number of aryl methyl sites for hydroxylation is 1. The fraction of sp³-hybridized carbons (Fsp3) is 0.0476. The second kappa shape index (κ2) is 5.68. The van der Waals surface area contributed by atoms with Crippen LogP contribution >= 0.6 is 0 Å². The second-order valence-electron chi connectivity index (χ2n) is 5.84. The Morgan fingerprint density at radius 2 is 1.71 bits per heavy atom. The molecule has 3 heteroatoms. The zero-order valence-corrected chi connectivity index (χ0v) is 13.3. The van der Waals surface area contributed by atoms with Crippen molar-refractivity contribution >= 4 is 10.8 Å². The summed E-state index contributed by atoms with van der Waals surface area (Å²) in [6.07, 6.45) is 0. The van der Waals surface area contributed by atoms with E-state index in [9.17, 15) is 5.26 Å². The first kappa shape index (κ1) is 14.2. The summed E-state index contributed by atoms with van der Waals surface area (Å²) in [4.78, 5) is 0. The molecule has 0 N–H and O–H groups in total. The van der Waals surface area contributed by atoms with Crippen molar-refractivity contribution in [3.63, 3.8) is 0 Å². The highest BCUT2D eigenvalue weighted by Crippen LogP contribution is 2.27. The lowest BCUT2D eigenvalue weighted by Gasteiger charge is -2.09. The summed E-state index contributed by atoms with van der Waals surface area (Å²) >= 11 is 0. The van der Waals surface area contributed by atoms with Crippen LogP contribution in [0.1, 0.15) is 11.3 Å². The van der Waals surface area contributed by atoms with Gasteiger partial charge in [0.2, 0.25) is 0 Å². The number of benzene rings is 3. The Morgan fingerprint density at radius 3 is 2.50 bits per heavy atom. The molecule has 3 aromatic carbocycles. The molecule has 0 atom stereocenters. The molecular weight excluding hydrogens is 294 g/mol. The van der Waals surface area contributed by atoms with E-state index in [4.69, 9.17) is 0 Å². The summed E-state index contributed by atoms with van der Waals surface area (Å²) in [7, 11) is 0.